The zero-order valence-corrected chi connectivity index (χ0v) is 18.7. The van der Waals surface area contributed by atoms with Gasteiger partial charge in [0.25, 0.3) is 5.78 Å². The van der Waals surface area contributed by atoms with Crippen LogP contribution in [0.3, 0.4) is 0 Å². The third-order valence-electron chi connectivity index (χ3n) is 6.43. The number of anilines is 1. The van der Waals surface area contributed by atoms with Crippen LogP contribution in [0.1, 0.15) is 29.7 Å². The van der Waals surface area contributed by atoms with E-state index < -0.39 is 17.7 Å². The second kappa shape index (κ2) is 7.73. The SMILES string of the molecule is CC1Cc2cc(/C(O)=C3\C(=O)C(=O)N(c4nc5ccccc5[nH]4)C3c3ccc(O)cc3)ccc2O1. The molecule has 1 saturated heterocycles. The van der Waals surface area contributed by atoms with E-state index in [2.05, 4.69) is 9.97 Å². The molecule has 1 amide bonds. The summed E-state index contributed by atoms with van der Waals surface area (Å²) in [5.41, 5.74) is 3.19. The Morgan fingerprint density at radius 2 is 1.86 bits per heavy atom. The number of nitrogens with one attached hydrogen (secondary N) is 1. The second-order valence-electron chi connectivity index (χ2n) is 8.79. The van der Waals surface area contributed by atoms with Gasteiger partial charge in [-0.15, -0.1) is 0 Å². The van der Waals surface area contributed by atoms with E-state index >= 15 is 0 Å². The second-order valence-corrected chi connectivity index (χ2v) is 8.79. The minimum absolute atomic E-state index is 0.0260. The van der Waals surface area contributed by atoms with Crippen LogP contribution in [0.2, 0.25) is 0 Å². The number of phenolic OH excluding ortho intramolecular Hbond substituents is 1. The molecule has 1 aromatic heterocycles. The Morgan fingerprint density at radius 3 is 2.63 bits per heavy atom. The van der Waals surface area contributed by atoms with Crippen molar-refractivity contribution < 1.29 is 24.5 Å². The number of para-hydroxylation sites is 2. The number of nitrogens with zero attached hydrogens (tertiary/aromatic N) is 2. The molecule has 0 spiro atoms. The molecule has 2 aliphatic heterocycles. The maximum atomic E-state index is 13.3. The number of hydrogen-bond acceptors (Lipinski definition) is 6. The van der Waals surface area contributed by atoms with Gasteiger partial charge in [-0.1, -0.05) is 24.3 Å². The minimum atomic E-state index is -0.945. The summed E-state index contributed by atoms with van der Waals surface area (Å²) in [5.74, 6) is -0.911. The molecule has 0 radical (unpaired) electrons. The number of Topliss-reactive ketones (excluding diaryl/α,β-unsaturated/α-hetero) is 1. The van der Waals surface area contributed by atoms with Gasteiger partial charge in [-0.25, -0.2) is 4.98 Å². The van der Waals surface area contributed by atoms with Crippen molar-refractivity contribution in [1.82, 2.24) is 9.97 Å². The van der Waals surface area contributed by atoms with Crippen molar-refractivity contribution in [3.05, 3.63) is 89.0 Å². The Morgan fingerprint density at radius 1 is 1.09 bits per heavy atom. The Kier molecular flexibility index (Phi) is 4.63. The van der Waals surface area contributed by atoms with E-state index in [0.717, 1.165) is 11.3 Å². The third-order valence-corrected chi connectivity index (χ3v) is 6.43. The highest BCUT2D eigenvalue weighted by molar-refractivity contribution is 6.51. The molecule has 35 heavy (non-hydrogen) atoms. The number of imidazole rings is 1. The van der Waals surface area contributed by atoms with Gasteiger partial charge < -0.3 is 19.9 Å². The molecular weight excluding hydrogens is 446 g/mol. The molecule has 2 aliphatic rings. The molecule has 4 aromatic rings. The van der Waals surface area contributed by atoms with E-state index in [9.17, 15) is 19.8 Å². The first-order valence-electron chi connectivity index (χ1n) is 11.3. The molecule has 0 aliphatic carbocycles. The number of carbonyl (C=O) groups is 2. The smallest absolute Gasteiger partial charge is 0.302 e. The normalized spacial score (nSPS) is 20.9. The van der Waals surface area contributed by atoms with Crippen LogP contribution in [0.5, 0.6) is 11.5 Å². The Labute approximate surface area is 200 Å². The van der Waals surface area contributed by atoms with Crippen molar-refractivity contribution in [3.8, 4) is 11.5 Å². The average molecular weight is 467 g/mol. The van der Waals surface area contributed by atoms with Gasteiger partial charge in [0.15, 0.2) is 0 Å². The molecule has 3 aromatic carbocycles. The van der Waals surface area contributed by atoms with Gasteiger partial charge in [-0.2, -0.15) is 0 Å². The van der Waals surface area contributed by atoms with Crippen LogP contribution < -0.4 is 9.64 Å². The monoisotopic (exact) mass is 467 g/mol. The molecule has 2 unspecified atom stereocenters. The van der Waals surface area contributed by atoms with Gasteiger partial charge in [0, 0.05) is 12.0 Å². The van der Waals surface area contributed by atoms with Crippen molar-refractivity contribution in [3.63, 3.8) is 0 Å². The van der Waals surface area contributed by atoms with Crippen LogP contribution in [0.4, 0.5) is 5.95 Å². The number of aromatic hydroxyl groups is 1. The number of aromatic nitrogens is 2. The number of aliphatic hydroxyl groups is 1. The topological polar surface area (TPSA) is 116 Å². The summed E-state index contributed by atoms with van der Waals surface area (Å²) < 4.78 is 5.75. The lowest BCUT2D eigenvalue weighted by molar-refractivity contribution is -0.132. The molecule has 8 nitrogen and oxygen atoms in total. The number of ether oxygens (including phenoxy) is 1. The molecule has 3 heterocycles. The Hall–Kier alpha value is -4.59. The summed E-state index contributed by atoms with van der Waals surface area (Å²) in [6.07, 6.45) is 0.712. The number of rotatable bonds is 3. The number of aromatic amines is 1. The fourth-order valence-electron chi connectivity index (χ4n) is 4.80. The molecule has 1 fully saturated rings. The predicted octanol–water partition coefficient (Wildman–Crippen LogP) is 4.22. The highest BCUT2D eigenvalue weighted by atomic mass is 16.5. The molecule has 6 rings (SSSR count). The highest BCUT2D eigenvalue weighted by Crippen LogP contribution is 2.42. The van der Waals surface area contributed by atoms with Gasteiger partial charge in [0.2, 0.25) is 5.95 Å². The van der Waals surface area contributed by atoms with Crippen LogP contribution in [-0.4, -0.2) is 38.0 Å². The average Bonchev–Trinajstić information content (AvgIpc) is 3.51. The van der Waals surface area contributed by atoms with Crippen LogP contribution in [0.25, 0.3) is 16.8 Å². The first-order valence-corrected chi connectivity index (χ1v) is 11.3. The summed E-state index contributed by atoms with van der Waals surface area (Å²) >= 11 is 0. The zero-order valence-electron chi connectivity index (χ0n) is 18.7. The number of benzene rings is 3. The Bertz CT molecular complexity index is 1500. The van der Waals surface area contributed by atoms with Crippen LogP contribution in [0, 0.1) is 0 Å². The van der Waals surface area contributed by atoms with Crippen LogP contribution in [0.15, 0.2) is 72.3 Å². The van der Waals surface area contributed by atoms with Crippen LogP contribution >= 0.6 is 0 Å². The molecule has 8 heteroatoms. The van der Waals surface area contributed by atoms with E-state index in [0.29, 0.717) is 28.6 Å². The summed E-state index contributed by atoms with van der Waals surface area (Å²) in [7, 11) is 0. The van der Waals surface area contributed by atoms with E-state index in [1.165, 1.54) is 17.0 Å². The third kappa shape index (κ3) is 3.33. The fraction of sp³-hybridized carbons (Fsp3) is 0.148. The summed E-state index contributed by atoms with van der Waals surface area (Å²) in [5, 5.41) is 21.2. The standard InChI is InChI=1S/C27H21N3O5/c1-14-12-17-13-16(8-11-21(17)35-14)24(32)22-23(15-6-9-18(31)10-7-15)30(26(34)25(22)33)27-28-19-4-2-3-5-20(19)29-27/h2-11,13-14,23,31-32H,12H2,1H3,(H,28,29)/b24-22+. The quantitative estimate of drug-likeness (QED) is 0.236. The van der Waals surface area contributed by atoms with Crippen molar-refractivity contribution in [2.24, 2.45) is 0 Å². The van der Waals surface area contributed by atoms with Gasteiger partial charge in [0.1, 0.15) is 23.4 Å². The first-order chi connectivity index (χ1) is 16.9. The van der Waals surface area contributed by atoms with Gasteiger partial charge in [0.05, 0.1) is 22.6 Å². The largest absolute Gasteiger partial charge is 0.508 e. The van der Waals surface area contributed by atoms with Crippen molar-refractivity contribution in [1.29, 1.82) is 0 Å². The lowest BCUT2D eigenvalue weighted by Crippen LogP contribution is -2.30. The zero-order chi connectivity index (χ0) is 24.3. The predicted molar refractivity (Wildman–Crippen MR) is 129 cm³/mol. The highest BCUT2D eigenvalue weighted by Gasteiger charge is 2.48. The summed E-state index contributed by atoms with van der Waals surface area (Å²) in [6.45, 7) is 1.96. The molecule has 0 bridgehead atoms. The van der Waals surface area contributed by atoms with Gasteiger partial charge in [-0.3, -0.25) is 14.5 Å². The fourth-order valence-corrected chi connectivity index (χ4v) is 4.80. The minimum Gasteiger partial charge on any atom is -0.508 e. The molecule has 2 atom stereocenters. The molecular formula is C27H21N3O5. The van der Waals surface area contributed by atoms with E-state index in [1.54, 1.807) is 36.4 Å². The number of H-pyrrole nitrogens is 1. The van der Waals surface area contributed by atoms with Gasteiger partial charge >= 0.3 is 5.91 Å². The number of phenols is 1. The summed E-state index contributed by atoms with van der Waals surface area (Å²) in [4.78, 5) is 35.5. The number of fused-ring (bicyclic) bond motifs is 2. The van der Waals surface area contributed by atoms with Crippen molar-refractivity contribution in [2.75, 3.05) is 4.90 Å². The lowest BCUT2D eigenvalue weighted by atomic mass is 9.94. The first kappa shape index (κ1) is 21.0. The number of carbonyl (C=O) groups excluding carboxylic acids is 2. The van der Waals surface area contributed by atoms with E-state index in [1.807, 2.05) is 25.1 Å². The maximum Gasteiger partial charge on any atom is 0.302 e. The lowest BCUT2D eigenvalue weighted by Gasteiger charge is -2.23. The Balaban J connectivity index is 1.54. The molecule has 0 saturated carbocycles. The number of hydrogen-bond donors (Lipinski definition) is 3. The summed E-state index contributed by atoms with van der Waals surface area (Å²) in [6, 6.07) is 17.8. The van der Waals surface area contributed by atoms with Crippen LogP contribution in [-0.2, 0) is 16.0 Å². The van der Waals surface area contributed by atoms with Gasteiger partial charge in [-0.05, 0) is 60.5 Å². The number of aliphatic hydroxyl groups excluding tert-OH is 1. The van der Waals surface area contributed by atoms with E-state index in [-0.39, 0.29) is 29.1 Å². The van der Waals surface area contributed by atoms with E-state index in [4.69, 9.17) is 4.74 Å². The van der Waals surface area contributed by atoms with Crippen molar-refractivity contribution >= 4 is 34.4 Å². The molecule has 174 valence electrons. The molecule has 3 N–H and O–H groups in total. The number of ketones is 1. The van der Waals surface area contributed by atoms with Crippen molar-refractivity contribution in [2.45, 2.75) is 25.5 Å². The maximum absolute atomic E-state index is 13.3. The number of amides is 1.